The molecule has 1 aliphatic rings. The molecule has 0 spiro atoms. The van der Waals surface area contributed by atoms with Crippen LogP contribution in [0, 0.1) is 0 Å². The van der Waals surface area contributed by atoms with Crippen LogP contribution in [0.1, 0.15) is 41.0 Å². The van der Waals surface area contributed by atoms with Gasteiger partial charge in [0.05, 0.1) is 28.8 Å². The Bertz CT molecular complexity index is 1410. The Morgan fingerprint density at radius 1 is 0.886 bits per heavy atom. The van der Waals surface area contributed by atoms with E-state index >= 15 is 0 Å². The first-order valence-electron chi connectivity index (χ1n) is 13.8. The number of carboxylic acid groups (broad SMARTS) is 1. The molecule has 13 heteroatoms. The molecule has 1 aliphatic heterocycles. The van der Waals surface area contributed by atoms with Gasteiger partial charge < -0.3 is 31.1 Å². The Balaban J connectivity index is 0.00000127. The Kier molecular flexibility index (Phi) is 15.8. The van der Waals surface area contributed by atoms with Crippen molar-refractivity contribution in [3.8, 4) is 11.1 Å². The van der Waals surface area contributed by atoms with Crippen molar-refractivity contribution in [2.45, 2.75) is 20.3 Å². The van der Waals surface area contributed by atoms with Crippen LogP contribution >= 0.6 is 23.2 Å². The Labute approximate surface area is 266 Å². The lowest BCUT2D eigenvalue weighted by molar-refractivity contribution is -0.123. The molecular formula is C31H35Cl2N5O6. The molecule has 0 saturated carbocycles. The lowest BCUT2D eigenvalue weighted by atomic mass is 10.0. The number of carbonyl (C=O) groups excluding carboxylic acids is 3. The highest BCUT2D eigenvalue weighted by Gasteiger charge is 2.17. The monoisotopic (exact) mass is 643 g/mol. The van der Waals surface area contributed by atoms with Gasteiger partial charge in [-0.3, -0.25) is 19.2 Å². The topological polar surface area (TPSA) is 158 Å². The minimum Gasteiger partial charge on any atom is -0.483 e. The van der Waals surface area contributed by atoms with E-state index in [1.165, 1.54) is 0 Å². The van der Waals surface area contributed by atoms with E-state index in [1.807, 2.05) is 44.2 Å². The summed E-state index contributed by atoms with van der Waals surface area (Å²) in [4.78, 5) is 49.9. The number of carbonyl (C=O) groups is 4. The van der Waals surface area contributed by atoms with E-state index in [9.17, 15) is 14.4 Å². The Morgan fingerprint density at radius 3 is 2.18 bits per heavy atom. The number of hydrogen-bond acceptors (Lipinski definition) is 7. The molecule has 1 heterocycles. The molecule has 3 aromatic rings. The number of nitrogens with one attached hydrogen (secondary N) is 4. The third kappa shape index (κ3) is 11.6. The normalized spacial score (nSPS) is 11.5. The first-order chi connectivity index (χ1) is 21.3. The molecule has 3 aromatic carbocycles. The number of halogens is 2. The van der Waals surface area contributed by atoms with E-state index in [2.05, 4.69) is 26.3 Å². The number of amides is 3. The number of ether oxygens (including phenoxy) is 1. The summed E-state index contributed by atoms with van der Waals surface area (Å²) < 4.78 is 5.43. The SMILES string of the molecule is CC.O=C(CNC(=O)c1cccc(NC2=NCCCO2)c1)NCCNC(=O)c1c(Cl)cc(-c2ccccc2)cc1Cl.O=CO. The third-order valence-electron chi connectivity index (χ3n) is 5.69. The van der Waals surface area contributed by atoms with Gasteiger partial charge in [-0.1, -0.05) is 73.4 Å². The van der Waals surface area contributed by atoms with Crippen molar-refractivity contribution >= 4 is 59.1 Å². The number of benzene rings is 3. The summed E-state index contributed by atoms with van der Waals surface area (Å²) in [6.07, 6.45) is 0.869. The van der Waals surface area contributed by atoms with Gasteiger partial charge in [-0.25, -0.2) is 4.99 Å². The zero-order valence-electron chi connectivity index (χ0n) is 24.4. The highest BCUT2D eigenvalue weighted by molar-refractivity contribution is 6.40. The molecule has 0 atom stereocenters. The van der Waals surface area contributed by atoms with Gasteiger partial charge in [0.15, 0.2) is 0 Å². The zero-order valence-corrected chi connectivity index (χ0v) is 25.9. The van der Waals surface area contributed by atoms with E-state index in [0.29, 0.717) is 30.4 Å². The molecular weight excluding hydrogens is 609 g/mol. The van der Waals surface area contributed by atoms with Crippen LogP contribution in [0.3, 0.4) is 0 Å². The smallest absolute Gasteiger partial charge is 0.290 e. The second kappa shape index (κ2) is 19.6. The van der Waals surface area contributed by atoms with Crippen molar-refractivity contribution in [1.29, 1.82) is 0 Å². The molecule has 0 bridgehead atoms. The fourth-order valence-electron chi connectivity index (χ4n) is 3.78. The van der Waals surface area contributed by atoms with Crippen LogP contribution in [0.15, 0.2) is 71.7 Å². The average molecular weight is 645 g/mol. The molecule has 234 valence electrons. The van der Waals surface area contributed by atoms with Crippen LogP contribution in [0.5, 0.6) is 0 Å². The lowest BCUT2D eigenvalue weighted by Crippen LogP contribution is -2.40. The molecule has 0 unspecified atom stereocenters. The summed E-state index contributed by atoms with van der Waals surface area (Å²) in [5, 5.41) is 18.3. The number of nitrogens with zero attached hydrogens (tertiary/aromatic N) is 1. The number of aliphatic imine (C=N–C) groups is 1. The number of amidine groups is 1. The summed E-state index contributed by atoms with van der Waals surface area (Å²) in [7, 11) is 0. The number of anilines is 1. The van der Waals surface area contributed by atoms with Gasteiger partial charge >= 0.3 is 0 Å². The molecule has 3 amide bonds. The van der Waals surface area contributed by atoms with Crippen molar-refractivity contribution in [2.24, 2.45) is 4.99 Å². The Hall–Kier alpha value is -4.61. The molecule has 5 N–H and O–H groups in total. The van der Waals surface area contributed by atoms with Gasteiger partial charge in [-0.05, 0) is 41.5 Å². The van der Waals surface area contributed by atoms with Crippen LogP contribution < -0.4 is 21.3 Å². The van der Waals surface area contributed by atoms with Crippen LogP contribution in [-0.2, 0) is 14.3 Å². The van der Waals surface area contributed by atoms with Crippen molar-refractivity contribution < 1.29 is 29.0 Å². The summed E-state index contributed by atoms with van der Waals surface area (Å²) in [6, 6.07) is 20.1. The van der Waals surface area contributed by atoms with Crippen LogP contribution in [0.25, 0.3) is 11.1 Å². The highest BCUT2D eigenvalue weighted by atomic mass is 35.5. The summed E-state index contributed by atoms with van der Waals surface area (Å²) in [5.74, 6) is -1.26. The largest absolute Gasteiger partial charge is 0.483 e. The highest BCUT2D eigenvalue weighted by Crippen LogP contribution is 2.31. The van der Waals surface area contributed by atoms with Gasteiger partial charge in [0, 0.05) is 37.3 Å². The molecule has 44 heavy (non-hydrogen) atoms. The van der Waals surface area contributed by atoms with Crippen molar-refractivity contribution in [1.82, 2.24) is 16.0 Å². The van der Waals surface area contributed by atoms with Gasteiger partial charge in [0.1, 0.15) is 0 Å². The second-order valence-electron chi connectivity index (χ2n) is 8.67. The average Bonchev–Trinajstić information content (AvgIpc) is 3.04. The van der Waals surface area contributed by atoms with E-state index in [1.54, 1.807) is 36.4 Å². The Morgan fingerprint density at radius 2 is 1.55 bits per heavy atom. The fourth-order valence-corrected chi connectivity index (χ4v) is 4.43. The van der Waals surface area contributed by atoms with Gasteiger partial charge in [0.2, 0.25) is 5.91 Å². The maximum Gasteiger partial charge on any atom is 0.290 e. The van der Waals surface area contributed by atoms with E-state index < -0.39 is 17.7 Å². The maximum absolute atomic E-state index is 12.6. The summed E-state index contributed by atoms with van der Waals surface area (Å²) >= 11 is 12.7. The molecule has 0 radical (unpaired) electrons. The predicted molar refractivity (Wildman–Crippen MR) is 173 cm³/mol. The first kappa shape index (κ1) is 35.6. The van der Waals surface area contributed by atoms with E-state index in [4.69, 9.17) is 37.8 Å². The minimum absolute atomic E-state index is 0.144. The van der Waals surface area contributed by atoms with Crippen LogP contribution in [-0.4, -0.2) is 68.1 Å². The minimum atomic E-state index is -0.453. The molecule has 0 aliphatic carbocycles. The van der Waals surface area contributed by atoms with E-state index in [0.717, 1.165) is 17.5 Å². The molecule has 11 nitrogen and oxygen atoms in total. The molecule has 0 aromatic heterocycles. The van der Waals surface area contributed by atoms with Crippen molar-refractivity contribution in [2.75, 3.05) is 38.1 Å². The maximum atomic E-state index is 12.6. The zero-order chi connectivity index (χ0) is 32.3. The fraction of sp³-hybridized carbons (Fsp3) is 0.258. The third-order valence-corrected chi connectivity index (χ3v) is 6.29. The number of rotatable bonds is 9. The molecule has 4 rings (SSSR count). The lowest BCUT2D eigenvalue weighted by Gasteiger charge is -2.15. The van der Waals surface area contributed by atoms with Crippen LogP contribution in [0.4, 0.5) is 5.69 Å². The predicted octanol–water partition coefficient (Wildman–Crippen LogP) is 4.85. The summed E-state index contributed by atoms with van der Waals surface area (Å²) in [5.41, 5.74) is 2.92. The van der Waals surface area contributed by atoms with Gasteiger partial charge in [-0.15, -0.1) is 0 Å². The standard InChI is InChI=1S/C28H27Cl2N5O4.C2H6.CH2O2/c29-22-15-20(18-6-2-1-3-7-18)16-23(30)25(22)27(38)32-12-11-31-24(36)17-34-26(37)19-8-4-9-21(14-19)35-28-33-10-5-13-39-28;1-2;2-1-3/h1-4,6-9,14-16H,5,10-13,17H2,(H,31,36)(H,32,38)(H,33,35)(H,34,37);1-2H3;1H,(H,2,3). The van der Waals surface area contributed by atoms with Crippen molar-refractivity contribution in [3.05, 3.63) is 87.9 Å². The molecule has 0 fully saturated rings. The van der Waals surface area contributed by atoms with Crippen molar-refractivity contribution in [3.63, 3.8) is 0 Å². The first-order valence-corrected chi connectivity index (χ1v) is 14.6. The summed E-state index contributed by atoms with van der Waals surface area (Å²) in [6.45, 7) is 5.10. The van der Waals surface area contributed by atoms with Crippen LogP contribution in [0.2, 0.25) is 10.0 Å². The van der Waals surface area contributed by atoms with Gasteiger partial charge in [0.25, 0.3) is 24.3 Å². The second-order valence-corrected chi connectivity index (χ2v) is 9.48. The molecule has 0 saturated heterocycles. The van der Waals surface area contributed by atoms with E-state index in [-0.39, 0.29) is 41.7 Å². The number of hydrogen-bond donors (Lipinski definition) is 5. The van der Waals surface area contributed by atoms with Gasteiger partial charge in [-0.2, -0.15) is 0 Å². The quantitative estimate of drug-likeness (QED) is 0.165.